The zero-order chi connectivity index (χ0) is 22.1. The molecule has 3 aromatic heterocycles. The summed E-state index contributed by atoms with van der Waals surface area (Å²) < 4.78 is 1.56. The summed E-state index contributed by atoms with van der Waals surface area (Å²) in [7, 11) is 0. The van der Waals surface area contributed by atoms with Crippen molar-refractivity contribution in [3.8, 4) is 6.07 Å². The topological polar surface area (TPSA) is 90.5 Å². The Morgan fingerprint density at radius 2 is 1.97 bits per heavy atom. The van der Waals surface area contributed by atoms with E-state index in [1.54, 1.807) is 28.9 Å². The van der Waals surface area contributed by atoms with Crippen LogP contribution in [-0.2, 0) is 12.0 Å². The van der Waals surface area contributed by atoms with Gasteiger partial charge in [0.2, 0.25) is 0 Å². The Hall–Kier alpha value is -3.50. The summed E-state index contributed by atoms with van der Waals surface area (Å²) in [4.78, 5) is 32.4. The van der Waals surface area contributed by atoms with Crippen LogP contribution in [0.4, 0.5) is 0 Å². The number of likely N-dealkylation sites (tertiary alicyclic amines) is 1. The SMILES string of the molecule is N#CC1(c2ccccn2)CCN(Cc2cc(C(=O)NC3CC3)c(=O)n3ccccc23)CC1. The number of piperidine rings is 1. The molecule has 7 nitrogen and oxygen atoms in total. The third-order valence-electron chi connectivity index (χ3n) is 6.59. The van der Waals surface area contributed by atoms with Crippen LogP contribution in [-0.4, -0.2) is 39.3 Å². The maximum absolute atomic E-state index is 12.9. The fourth-order valence-corrected chi connectivity index (χ4v) is 4.51. The first kappa shape index (κ1) is 20.4. The number of nitrogens with zero attached hydrogens (tertiary/aromatic N) is 4. The van der Waals surface area contributed by atoms with Crippen molar-refractivity contribution in [2.45, 2.75) is 43.7 Å². The van der Waals surface area contributed by atoms with Crippen molar-refractivity contribution >= 4 is 11.4 Å². The summed E-state index contributed by atoms with van der Waals surface area (Å²) in [6.45, 7) is 2.10. The monoisotopic (exact) mass is 427 g/mol. The number of carbonyl (C=O) groups excluding carboxylic acids is 1. The molecule has 0 spiro atoms. The van der Waals surface area contributed by atoms with Crippen molar-refractivity contribution in [3.05, 3.63) is 82.0 Å². The van der Waals surface area contributed by atoms with Crippen LogP contribution in [0.2, 0.25) is 0 Å². The number of nitrogens with one attached hydrogen (secondary N) is 1. The zero-order valence-electron chi connectivity index (χ0n) is 17.8. The van der Waals surface area contributed by atoms with Gasteiger partial charge < -0.3 is 5.32 Å². The molecular weight excluding hydrogens is 402 g/mol. The predicted molar refractivity (Wildman–Crippen MR) is 120 cm³/mol. The van der Waals surface area contributed by atoms with Crippen LogP contribution in [0.25, 0.3) is 5.52 Å². The standard InChI is InChI=1S/C25H25N5O2/c26-17-25(22-6-1-3-11-27-22)9-13-29(14-10-25)16-18-15-20(23(31)28-19-7-8-19)24(32)30-12-4-2-5-21(18)30/h1-6,11-12,15,19H,7-10,13-14,16H2,(H,28,31). The van der Waals surface area contributed by atoms with Crippen molar-refractivity contribution in [2.75, 3.05) is 13.1 Å². The summed E-state index contributed by atoms with van der Waals surface area (Å²) in [6.07, 6.45) is 6.78. The molecule has 4 heterocycles. The van der Waals surface area contributed by atoms with Crippen molar-refractivity contribution < 1.29 is 4.79 Å². The fourth-order valence-electron chi connectivity index (χ4n) is 4.51. The highest BCUT2D eigenvalue weighted by Crippen LogP contribution is 2.34. The Bertz CT molecular complexity index is 1250. The molecular formula is C25H25N5O2. The summed E-state index contributed by atoms with van der Waals surface area (Å²) >= 11 is 0. The molecule has 0 aromatic carbocycles. The van der Waals surface area contributed by atoms with Gasteiger partial charge in [-0.25, -0.2) is 0 Å². The Morgan fingerprint density at radius 1 is 1.19 bits per heavy atom. The molecule has 1 aliphatic carbocycles. The second-order valence-electron chi connectivity index (χ2n) is 8.78. The van der Waals surface area contributed by atoms with Gasteiger partial charge in [-0.2, -0.15) is 5.26 Å². The number of pyridine rings is 3. The van der Waals surface area contributed by atoms with Gasteiger partial charge in [0.15, 0.2) is 0 Å². The largest absolute Gasteiger partial charge is 0.349 e. The van der Waals surface area contributed by atoms with E-state index in [0.29, 0.717) is 19.4 Å². The molecule has 0 bridgehead atoms. The minimum Gasteiger partial charge on any atom is -0.349 e. The highest BCUT2D eigenvalue weighted by Gasteiger charge is 2.37. The molecule has 3 aromatic rings. The molecule has 162 valence electrons. The highest BCUT2D eigenvalue weighted by atomic mass is 16.2. The molecule has 0 radical (unpaired) electrons. The first-order chi connectivity index (χ1) is 15.6. The fraction of sp³-hybridized carbons (Fsp3) is 0.360. The van der Waals surface area contributed by atoms with Crippen LogP contribution >= 0.6 is 0 Å². The van der Waals surface area contributed by atoms with E-state index in [4.69, 9.17) is 0 Å². The van der Waals surface area contributed by atoms with Crippen molar-refractivity contribution in [3.63, 3.8) is 0 Å². The van der Waals surface area contributed by atoms with Gasteiger partial charge in [0.25, 0.3) is 11.5 Å². The molecule has 0 unspecified atom stereocenters. The van der Waals surface area contributed by atoms with Gasteiger partial charge >= 0.3 is 0 Å². The van der Waals surface area contributed by atoms with Crippen LogP contribution in [0.15, 0.2) is 59.7 Å². The lowest BCUT2D eigenvalue weighted by atomic mass is 9.76. The van der Waals surface area contributed by atoms with Crippen LogP contribution in [0.5, 0.6) is 0 Å². The molecule has 5 rings (SSSR count). The van der Waals surface area contributed by atoms with Gasteiger partial charge in [0.05, 0.1) is 17.3 Å². The molecule has 7 heteroatoms. The van der Waals surface area contributed by atoms with Crippen molar-refractivity contribution in [1.29, 1.82) is 5.26 Å². The van der Waals surface area contributed by atoms with Gasteiger partial charge in [-0.05, 0) is 61.6 Å². The van der Waals surface area contributed by atoms with E-state index < -0.39 is 5.41 Å². The first-order valence-corrected chi connectivity index (χ1v) is 11.1. The lowest BCUT2D eigenvalue weighted by Crippen LogP contribution is -2.42. The quantitative estimate of drug-likeness (QED) is 0.676. The minimum absolute atomic E-state index is 0.187. The summed E-state index contributed by atoms with van der Waals surface area (Å²) in [5.41, 5.74) is 1.91. The molecule has 2 aliphatic rings. The Balaban J connectivity index is 1.41. The average Bonchev–Trinajstić information content (AvgIpc) is 3.66. The maximum atomic E-state index is 12.9. The Kier molecular flexibility index (Phi) is 5.24. The van der Waals surface area contributed by atoms with Crippen LogP contribution < -0.4 is 10.9 Å². The Morgan fingerprint density at radius 3 is 2.66 bits per heavy atom. The minimum atomic E-state index is -0.567. The number of rotatable bonds is 5. The Labute approximate surface area is 186 Å². The number of carbonyl (C=O) groups is 1. The predicted octanol–water partition coefficient (Wildman–Crippen LogP) is 2.64. The second-order valence-corrected chi connectivity index (χ2v) is 8.78. The van der Waals surface area contributed by atoms with Crippen LogP contribution in [0, 0.1) is 11.3 Å². The number of hydrogen-bond acceptors (Lipinski definition) is 5. The molecule has 2 fully saturated rings. The smallest absolute Gasteiger partial charge is 0.267 e. The summed E-state index contributed by atoms with van der Waals surface area (Å²) in [6, 6.07) is 15.8. The molecule has 32 heavy (non-hydrogen) atoms. The zero-order valence-corrected chi connectivity index (χ0v) is 17.8. The third-order valence-corrected chi connectivity index (χ3v) is 6.59. The summed E-state index contributed by atoms with van der Waals surface area (Å²) in [5, 5.41) is 12.9. The van der Waals surface area contributed by atoms with E-state index in [1.165, 1.54) is 0 Å². The number of nitriles is 1. The maximum Gasteiger partial charge on any atom is 0.267 e. The molecule has 1 aliphatic heterocycles. The third kappa shape index (κ3) is 3.78. The van der Waals surface area contributed by atoms with Gasteiger partial charge in [-0.3, -0.25) is 23.9 Å². The van der Waals surface area contributed by atoms with Gasteiger partial charge in [0, 0.05) is 38.1 Å². The highest BCUT2D eigenvalue weighted by molar-refractivity contribution is 5.95. The first-order valence-electron chi connectivity index (χ1n) is 11.1. The normalized spacial score (nSPS) is 18.2. The molecule has 1 saturated carbocycles. The second kappa shape index (κ2) is 8.21. The van der Waals surface area contributed by atoms with E-state index in [1.807, 2.05) is 30.3 Å². The molecule has 1 saturated heterocycles. The van der Waals surface area contributed by atoms with Gasteiger partial charge in [0.1, 0.15) is 11.0 Å². The number of aromatic nitrogens is 2. The van der Waals surface area contributed by atoms with E-state index >= 15 is 0 Å². The van der Waals surface area contributed by atoms with E-state index in [9.17, 15) is 14.9 Å². The lowest BCUT2D eigenvalue weighted by molar-refractivity contribution is 0.0949. The van der Waals surface area contributed by atoms with Crippen LogP contribution in [0.3, 0.4) is 0 Å². The number of fused-ring (bicyclic) bond motifs is 1. The number of amides is 1. The molecule has 1 amide bonds. The van der Waals surface area contributed by atoms with E-state index in [2.05, 4.69) is 21.3 Å². The molecule has 1 N–H and O–H groups in total. The van der Waals surface area contributed by atoms with Crippen molar-refractivity contribution in [1.82, 2.24) is 19.6 Å². The number of hydrogen-bond donors (Lipinski definition) is 1. The van der Waals surface area contributed by atoms with Crippen molar-refractivity contribution in [2.24, 2.45) is 0 Å². The van der Waals surface area contributed by atoms with E-state index in [-0.39, 0.29) is 23.1 Å². The van der Waals surface area contributed by atoms with Gasteiger partial charge in [-0.1, -0.05) is 12.1 Å². The van der Waals surface area contributed by atoms with Gasteiger partial charge in [-0.15, -0.1) is 0 Å². The van der Waals surface area contributed by atoms with E-state index in [0.717, 1.165) is 42.7 Å². The lowest BCUT2D eigenvalue weighted by Gasteiger charge is -2.37. The molecule has 0 atom stereocenters. The summed E-state index contributed by atoms with van der Waals surface area (Å²) in [5.74, 6) is -0.297. The van der Waals surface area contributed by atoms with Crippen LogP contribution in [0.1, 0.15) is 47.3 Å². The average molecular weight is 428 g/mol.